The molecule has 2 aromatic rings. The summed E-state index contributed by atoms with van der Waals surface area (Å²) in [5.41, 5.74) is 7.27. The fourth-order valence-electron chi connectivity index (χ4n) is 1.78. The molecule has 0 aliphatic rings. The molecule has 6 heteroatoms. The maximum Gasteiger partial charge on any atom is 0.240 e. The standard InChI is InChI=1S/C13H18N4O.ClH/c1-8(2)17-12-6-11(16-13(18)9(3)14)5-4-10(12)7-15-17;/h4-9H,14H2,1-3H3,(H,16,18);1H/t9-;/m0./s1. The number of halogens is 1. The third-order valence-electron chi connectivity index (χ3n) is 2.77. The maximum absolute atomic E-state index is 11.5. The number of carbonyl (C=O) groups excluding carboxylic acids is 1. The lowest BCUT2D eigenvalue weighted by molar-refractivity contribution is -0.117. The number of hydrogen-bond acceptors (Lipinski definition) is 3. The van der Waals surface area contributed by atoms with Crippen LogP contribution in [0.15, 0.2) is 24.4 Å². The van der Waals surface area contributed by atoms with Crippen LogP contribution in [0.4, 0.5) is 5.69 Å². The molecule has 2 rings (SSSR count). The molecule has 0 aliphatic heterocycles. The Bertz CT molecular complexity index is 577. The van der Waals surface area contributed by atoms with Crippen LogP contribution in [-0.2, 0) is 4.79 Å². The summed E-state index contributed by atoms with van der Waals surface area (Å²) in [5.74, 6) is -0.190. The molecule has 0 fully saturated rings. The third kappa shape index (κ3) is 3.24. The highest BCUT2D eigenvalue weighted by atomic mass is 35.5. The molecule has 104 valence electrons. The van der Waals surface area contributed by atoms with Crippen LogP contribution in [0.2, 0.25) is 0 Å². The Labute approximate surface area is 118 Å². The predicted octanol–water partition coefficient (Wildman–Crippen LogP) is 2.32. The van der Waals surface area contributed by atoms with Crippen LogP contribution in [0.5, 0.6) is 0 Å². The van der Waals surface area contributed by atoms with Crippen molar-refractivity contribution in [3.05, 3.63) is 24.4 Å². The largest absolute Gasteiger partial charge is 0.325 e. The number of fused-ring (bicyclic) bond motifs is 1. The molecule has 1 amide bonds. The summed E-state index contributed by atoms with van der Waals surface area (Å²) < 4.78 is 1.93. The van der Waals surface area contributed by atoms with E-state index >= 15 is 0 Å². The van der Waals surface area contributed by atoms with E-state index < -0.39 is 6.04 Å². The third-order valence-corrected chi connectivity index (χ3v) is 2.77. The van der Waals surface area contributed by atoms with Crippen LogP contribution in [0, 0.1) is 0 Å². The lowest BCUT2D eigenvalue weighted by Gasteiger charge is -2.10. The smallest absolute Gasteiger partial charge is 0.240 e. The molecule has 0 radical (unpaired) electrons. The van der Waals surface area contributed by atoms with Crippen molar-refractivity contribution < 1.29 is 4.79 Å². The molecule has 0 aliphatic carbocycles. The highest BCUT2D eigenvalue weighted by molar-refractivity contribution is 5.96. The maximum atomic E-state index is 11.5. The van der Waals surface area contributed by atoms with E-state index in [1.165, 1.54) is 0 Å². The van der Waals surface area contributed by atoms with Crippen LogP contribution in [0.3, 0.4) is 0 Å². The second-order valence-electron chi connectivity index (χ2n) is 4.73. The van der Waals surface area contributed by atoms with Crippen molar-refractivity contribution in [2.24, 2.45) is 5.73 Å². The number of rotatable bonds is 3. The second kappa shape index (κ2) is 6.04. The quantitative estimate of drug-likeness (QED) is 0.907. The Morgan fingerprint density at radius 2 is 2.05 bits per heavy atom. The van der Waals surface area contributed by atoms with Crippen LogP contribution < -0.4 is 11.1 Å². The molecule has 1 aromatic heterocycles. The van der Waals surface area contributed by atoms with E-state index in [-0.39, 0.29) is 24.4 Å². The Balaban J connectivity index is 0.00000180. The molecular weight excluding hydrogens is 264 g/mol. The van der Waals surface area contributed by atoms with Crippen molar-refractivity contribution in [2.45, 2.75) is 32.9 Å². The zero-order valence-corrected chi connectivity index (χ0v) is 12.1. The van der Waals surface area contributed by atoms with E-state index in [1.54, 1.807) is 6.92 Å². The molecule has 1 atom stereocenters. The Morgan fingerprint density at radius 1 is 1.37 bits per heavy atom. The molecule has 3 N–H and O–H groups in total. The molecule has 0 saturated heterocycles. The molecule has 0 spiro atoms. The van der Waals surface area contributed by atoms with Gasteiger partial charge in [-0.1, -0.05) is 0 Å². The molecule has 5 nitrogen and oxygen atoms in total. The van der Waals surface area contributed by atoms with Crippen molar-refractivity contribution in [3.63, 3.8) is 0 Å². The van der Waals surface area contributed by atoms with Gasteiger partial charge in [-0.15, -0.1) is 12.4 Å². The van der Waals surface area contributed by atoms with Gasteiger partial charge in [0.25, 0.3) is 0 Å². The molecule has 19 heavy (non-hydrogen) atoms. The van der Waals surface area contributed by atoms with Gasteiger partial charge in [-0.25, -0.2) is 0 Å². The molecular formula is C13H19ClN4O. The van der Waals surface area contributed by atoms with E-state index in [9.17, 15) is 4.79 Å². The van der Waals surface area contributed by atoms with Crippen molar-refractivity contribution >= 4 is 34.9 Å². The predicted molar refractivity (Wildman–Crippen MR) is 79.6 cm³/mol. The Kier molecular flexibility index (Phi) is 4.91. The number of nitrogens with two attached hydrogens (primary N) is 1. The van der Waals surface area contributed by atoms with Crippen LogP contribution in [-0.4, -0.2) is 21.7 Å². The zero-order chi connectivity index (χ0) is 13.3. The van der Waals surface area contributed by atoms with Gasteiger partial charge in [-0.3, -0.25) is 9.48 Å². The average Bonchev–Trinajstić information content (AvgIpc) is 2.71. The first-order valence-electron chi connectivity index (χ1n) is 6.02. The van der Waals surface area contributed by atoms with Gasteiger partial charge in [0.2, 0.25) is 5.91 Å². The van der Waals surface area contributed by atoms with E-state index in [4.69, 9.17) is 5.73 Å². The monoisotopic (exact) mass is 282 g/mol. The van der Waals surface area contributed by atoms with Gasteiger partial charge in [-0.2, -0.15) is 5.10 Å². The number of amides is 1. The number of nitrogens with one attached hydrogen (secondary N) is 1. The first-order valence-corrected chi connectivity index (χ1v) is 6.02. The minimum absolute atomic E-state index is 0. The van der Waals surface area contributed by atoms with Gasteiger partial charge in [0.1, 0.15) is 0 Å². The lowest BCUT2D eigenvalue weighted by Crippen LogP contribution is -2.32. The number of anilines is 1. The van der Waals surface area contributed by atoms with Crippen LogP contribution in [0.25, 0.3) is 10.9 Å². The van der Waals surface area contributed by atoms with E-state index in [2.05, 4.69) is 24.3 Å². The highest BCUT2D eigenvalue weighted by Crippen LogP contribution is 2.21. The van der Waals surface area contributed by atoms with Gasteiger partial charge in [0.15, 0.2) is 0 Å². The summed E-state index contributed by atoms with van der Waals surface area (Å²) in [6.45, 7) is 5.80. The van der Waals surface area contributed by atoms with Crippen molar-refractivity contribution in [2.75, 3.05) is 5.32 Å². The number of benzene rings is 1. The minimum atomic E-state index is -0.518. The van der Waals surface area contributed by atoms with E-state index in [0.29, 0.717) is 0 Å². The molecule has 0 unspecified atom stereocenters. The topological polar surface area (TPSA) is 72.9 Å². The summed E-state index contributed by atoms with van der Waals surface area (Å²) >= 11 is 0. The van der Waals surface area contributed by atoms with Crippen molar-refractivity contribution in [1.29, 1.82) is 0 Å². The minimum Gasteiger partial charge on any atom is -0.325 e. The fraction of sp³-hybridized carbons (Fsp3) is 0.385. The van der Waals surface area contributed by atoms with Gasteiger partial charge >= 0.3 is 0 Å². The van der Waals surface area contributed by atoms with E-state index in [1.807, 2.05) is 29.1 Å². The number of aromatic nitrogens is 2. The number of nitrogens with zero attached hydrogens (tertiary/aromatic N) is 2. The fourth-order valence-corrected chi connectivity index (χ4v) is 1.78. The first-order chi connectivity index (χ1) is 8.49. The summed E-state index contributed by atoms with van der Waals surface area (Å²) in [4.78, 5) is 11.5. The first kappa shape index (κ1) is 15.5. The SMILES string of the molecule is CC(C)n1ncc2ccc(NC(=O)[C@H](C)N)cc21.Cl. The summed E-state index contributed by atoms with van der Waals surface area (Å²) in [6.07, 6.45) is 1.83. The van der Waals surface area contributed by atoms with Gasteiger partial charge < -0.3 is 11.1 Å². The average molecular weight is 283 g/mol. The van der Waals surface area contributed by atoms with Gasteiger partial charge in [0, 0.05) is 17.1 Å². The number of hydrogen-bond donors (Lipinski definition) is 2. The highest BCUT2D eigenvalue weighted by Gasteiger charge is 2.10. The van der Waals surface area contributed by atoms with Crippen molar-refractivity contribution in [1.82, 2.24) is 9.78 Å². The lowest BCUT2D eigenvalue weighted by atomic mass is 10.2. The van der Waals surface area contributed by atoms with Crippen LogP contribution >= 0.6 is 12.4 Å². The molecule has 1 heterocycles. The normalized spacial score (nSPS) is 12.3. The Hall–Kier alpha value is -1.59. The molecule has 1 aromatic carbocycles. The van der Waals surface area contributed by atoms with Gasteiger partial charge in [-0.05, 0) is 39.0 Å². The summed E-state index contributed by atoms with van der Waals surface area (Å²) in [6, 6.07) is 5.48. The second-order valence-corrected chi connectivity index (χ2v) is 4.73. The summed E-state index contributed by atoms with van der Waals surface area (Å²) in [5, 5.41) is 8.17. The zero-order valence-electron chi connectivity index (χ0n) is 11.3. The van der Waals surface area contributed by atoms with Crippen molar-refractivity contribution in [3.8, 4) is 0 Å². The molecule has 0 saturated carbocycles. The van der Waals surface area contributed by atoms with E-state index in [0.717, 1.165) is 16.6 Å². The Morgan fingerprint density at radius 3 is 2.63 bits per heavy atom. The molecule has 0 bridgehead atoms. The van der Waals surface area contributed by atoms with Crippen LogP contribution in [0.1, 0.15) is 26.8 Å². The summed E-state index contributed by atoms with van der Waals surface area (Å²) in [7, 11) is 0. The number of carbonyl (C=O) groups is 1. The van der Waals surface area contributed by atoms with Gasteiger partial charge in [0.05, 0.1) is 17.8 Å².